The van der Waals surface area contributed by atoms with Crippen molar-refractivity contribution in [2.45, 2.75) is 98.3 Å². The molecule has 0 heterocycles. The van der Waals surface area contributed by atoms with E-state index < -0.39 is 16.6 Å². The number of benzene rings is 2. The van der Waals surface area contributed by atoms with Crippen molar-refractivity contribution in [3.05, 3.63) is 52.6 Å². The Balaban J connectivity index is 2.57. The van der Waals surface area contributed by atoms with Crippen molar-refractivity contribution in [3.63, 3.8) is 0 Å². The van der Waals surface area contributed by atoms with E-state index in [0.717, 1.165) is 28.7 Å². The topological polar surface area (TPSA) is 44.8 Å². The standard InChI is InChI=1S/C28H44O4Si2/c1-20-14-13-15-21(2)26(20)30-19-23-17-25(32-34(11,12)28(6,7)8)24(16-22(23)18-29)31-33(9,10)27(3,4)5/h13-18H,19H2,1-12H3. The summed E-state index contributed by atoms with van der Waals surface area (Å²) in [5, 5.41) is 0.0478. The minimum atomic E-state index is -2.15. The molecule has 0 spiro atoms. The van der Waals surface area contributed by atoms with E-state index in [9.17, 15) is 4.79 Å². The van der Waals surface area contributed by atoms with Gasteiger partial charge in [0, 0.05) is 11.1 Å². The first-order valence-corrected chi connectivity index (χ1v) is 17.9. The summed E-state index contributed by atoms with van der Waals surface area (Å²) in [7, 11) is -4.30. The van der Waals surface area contributed by atoms with Crippen LogP contribution in [-0.4, -0.2) is 22.9 Å². The van der Waals surface area contributed by atoms with Crippen LogP contribution in [0, 0.1) is 13.8 Å². The van der Waals surface area contributed by atoms with Crippen molar-refractivity contribution in [1.29, 1.82) is 0 Å². The van der Waals surface area contributed by atoms with Gasteiger partial charge in [-0.15, -0.1) is 0 Å². The number of ether oxygens (including phenoxy) is 1. The first-order valence-electron chi connectivity index (χ1n) is 12.1. The van der Waals surface area contributed by atoms with Gasteiger partial charge in [-0.05, 0) is 73.4 Å². The van der Waals surface area contributed by atoms with Crippen LogP contribution >= 0.6 is 0 Å². The molecular formula is C28H44O4Si2. The molecular weight excluding hydrogens is 456 g/mol. The first kappa shape index (κ1) is 28.2. The lowest BCUT2D eigenvalue weighted by Crippen LogP contribution is -2.45. The van der Waals surface area contributed by atoms with E-state index in [2.05, 4.69) is 67.7 Å². The van der Waals surface area contributed by atoms with Gasteiger partial charge in [-0.2, -0.15) is 0 Å². The van der Waals surface area contributed by atoms with E-state index in [1.165, 1.54) is 0 Å². The Bertz CT molecular complexity index is 1010. The van der Waals surface area contributed by atoms with Crippen molar-refractivity contribution in [2.24, 2.45) is 0 Å². The Hall–Kier alpha value is -2.06. The van der Waals surface area contributed by atoms with Crippen LogP contribution < -0.4 is 13.6 Å². The highest BCUT2D eigenvalue weighted by molar-refractivity contribution is 6.75. The molecule has 2 rings (SSSR count). The second kappa shape index (κ2) is 9.90. The summed E-state index contributed by atoms with van der Waals surface area (Å²) in [6.45, 7) is 26.5. The smallest absolute Gasteiger partial charge is 0.250 e. The van der Waals surface area contributed by atoms with Crippen molar-refractivity contribution >= 4 is 22.9 Å². The largest absolute Gasteiger partial charge is 0.541 e. The minimum absolute atomic E-state index is 0.0206. The van der Waals surface area contributed by atoms with Crippen LogP contribution in [0.1, 0.15) is 68.6 Å². The fourth-order valence-electron chi connectivity index (χ4n) is 3.04. The number of carbonyl (C=O) groups is 1. The predicted octanol–water partition coefficient (Wildman–Crippen LogP) is 8.46. The molecule has 2 aromatic rings. The maximum atomic E-state index is 12.1. The van der Waals surface area contributed by atoms with Gasteiger partial charge in [-0.1, -0.05) is 59.7 Å². The number of carbonyl (C=O) groups excluding carboxylic acids is 1. The Kier molecular flexibility index (Phi) is 8.20. The van der Waals surface area contributed by atoms with Crippen LogP contribution in [0.25, 0.3) is 0 Å². The van der Waals surface area contributed by atoms with Gasteiger partial charge in [0.2, 0.25) is 0 Å². The number of rotatable bonds is 8. The Morgan fingerprint density at radius 2 is 1.24 bits per heavy atom. The lowest BCUT2D eigenvalue weighted by molar-refractivity contribution is 0.112. The molecule has 0 aliphatic rings. The Morgan fingerprint density at radius 3 is 1.65 bits per heavy atom. The third-order valence-corrected chi connectivity index (χ3v) is 16.1. The molecule has 4 nitrogen and oxygen atoms in total. The van der Waals surface area contributed by atoms with Gasteiger partial charge in [-0.25, -0.2) is 0 Å². The molecule has 0 aliphatic heterocycles. The van der Waals surface area contributed by atoms with E-state index in [1.54, 1.807) is 0 Å². The lowest BCUT2D eigenvalue weighted by atomic mass is 10.1. The average Bonchev–Trinajstić information content (AvgIpc) is 2.67. The average molecular weight is 501 g/mol. The van der Waals surface area contributed by atoms with Crippen molar-refractivity contribution in [1.82, 2.24) is 0 Å². The molecule has 0 saturated heterocycles. The molecule has 0 saturated carbocycles. The second-order valence-corrected chi connectivity index (χ2v) is 21.8. The van der Waals surface area contributed by atoms with Gasteiger partial charge in [0.25, 0.3) is 16.6 Å². The highest BCUT2D eigenvalue weighted by Crippen LogP contribution is 2.44. The molecule has 0 unspecified atom stereocenters. The van der Waals surface area contributed by atoms with Crippen LogP contribution in [-0.2, 0) is 6.61 Å². The Morgan fingerprint density at radius 1 is 0.794 bits per heavy atom. The molecule has 0 amide bonds. The van der Waals surface area contributed by atoms with E-state index in [0.29, 0.717) is 17.1 Å². The number of hydrogen-bond donors (Lipinski definition) is 0. The third-order valence-electron chi connectivity index (χ3n) is 7.46. The zero-order valence-electron chi connectivity index (χ0n) is 23.3. The van der Waals surface area contributed by atoms with Gasteiger partial charge >= 0.3 is 0 Å². The van der Waals surface area contributed by atoms with Gasteiger partial charge < -0.3 is 13.6 Å². The summed E-state index contributed by atoms with van der Waals surface area (Å²) in [5.74, 6) is 2.23. The number of aldehydes is 1. The van der Waals surface area contributed by atoms with Crippen LogP contribution in [0.5, 0.6) is 17.2 Å². The molecule has 0 atom stereocenters. The van der Waals surface area contributed by atoms with Gasteiger partial charge in [0.1, 0.15) is 23.9 Å². The summed E-state index contributed by atoms with van der Waals surface area (Å²) in [4.78, 5) is 12.1. The zero-order valence-corrected chi connectivity index (χ0v) is 25.3. The predicted molar refractivity (Wildman–Crippen MR) is 148 cm³/mol. The second-order valence-electron chi connectivity index (χ2n) is 12.3. The summed E-state index contributed by atoms with van der Waals surface area (Å²) >= 11 is 0. The fourth-order valence-corrected chi connectivity index (χ4v) is 5.08. The van der Waals surface area contributed by atoms with Crippen LogP contribution in [0.15, 0.2) is 30.3 Å². The summed E-state index contributed by atoms with van der Waals surface area (Å²) < 4.78 is 19.7. The first-order chi connectivity index (χ1) is 15.4. The maximum absolute atomic E-state index is 12.1. The number of hydrogen-bond acceptors (Lipinski definition) is 4. The van der Waals surface area contributed by atoms with Crippen molar-refractivity contribution in [2.75, 3.05) is 0 Å². The molecule has 0 N–H and O–H groups in total. The molecule has 34 heavy (non-hydrogen) atoms. The van der Waals surface area contributed by atoms with Crippen LogP contribution in [0.3, 0.4) is 0 Å². The molecule has 0 fully saturated rings. The van der Waals surface area contributed by atoms with Crippen molar-refractivity contribution in [3.8, 4) is 17.2 Å². The highest BCUT2D eigenvalue weighted by Gasteiger charge is 2.42. The van der Waals surface area contributed by atoms with Crippen LogP contribution in [0.2, 0.25) is 36.3 Å². The summed E-state index contributed by atoms with van der Waals surface area (Å²) in [5.41, 5.74) is 3.52. The van der Waals surface area contributed by atoms with Crippen molar-refractivity contribution < 1.29 is 18.4 Å². The van der Waals surface area contributed by atoms with E-state index >= 15 is 0 Å². The maximum Gasteiger partial charge on any atom is 0.250 e. The quantitative estimate of drug-likeness (QED) is 0.269. The lowest BCUT2D eigenvalue weighted by Gasteiger charge is -2.40. The highest BCUT2D eigenvalue weighted by atomic mass is 28.4. The SMILES string of the molecule is Cc1cccc(C)c1OCc1cc(O[Si](C)(C)C(C)(C)C)c(O[Si](C)(C)C(C)(C)C)cc1C=O. The third kappa shape index (κ3) is 6.33. The molecule has 0 bridgehead atoms. The number of para-hydroxylation sites is 1. The number of aryl methyl sites for hydroxylation is 2. The molecule has 6 heteroatoms. The van der Waals surface area contributed by atoms with Crippen LogP contribution in [0.4, 0.5) is 0 Å². The molecule has 0 aliphatic carbocycles. The molecule has 0 aromatic heterocycles. The monoisotopic (exact) mass is 500 g/mol. The van der Waals surface area contributed by atoms with Gasteiger partial charge in [0.05, 0.1) is 0 Å². The summed E-state index contributed by atoms with van der Waals surface area (Å²) in [6, 6.07) is 9.89. The van der Waals surface area contributed by atoms with Gasteiger partial charge in [0.15, 0.2) is 6.29 Å². The Labute approximate surface area is 209 Å². The minimum Gasteiger partial charge on any atom is -0.541 e. The zero-order chi connectivity index (χ0) is 26.1. The van der Waals surface area contributed by atoms with Gasteiger partial charge in [-0.3, -0.25) is 4.79 Å². The van der Waals surface area contributed by atoms with E-state index in [1.807, 2.05) is 44.2 Å². The van der Waals surface area contributed by atoms with E-state index in [4.69, 9.17) is 13.6 Å². The normalized spacial score (nSPS) is 12.9. The molecule has 2 aromatic carbocycles. The fraction of sp³-hybridized carbons (Fsp3) is 0.536. The summed E-state index contributed by atoms with van der Waals surface area (Å²) in [6.07, 6.45) is 0.887. The molecule has 188 valence electrons. The van der Waals surface area contributed by atoms with E-state index in [-0.39, 0.29) is 16.7 Å². The molecule has 0 radical (unpaired) electrons.